The topological polar surface area (TPSA) is 400 Å². The van der Waals surface area contributed by atoms with Gasteiger partial charge in [0.15, 0.2) is 0 Å². The number of aromatic hydroxyl groups is 1. The van der Waals surface area contributed by atoms with Gasteiger partial charge in [0.25, 0.3) is 0 Å². The first-order chi connectivity index (χ1) is 32.5. The van der Waals surface area contributed by atoms with Gasteiger partial charge in [-0.1, -0.05) is 80.0 Å². The number of primary amides is 3. The molecule has 0 bridgehead atoms. The molecule has 0 aliphatic carbocycles. The Kier molecular flexibility index (Phi) is 22.7. The van der Waals surface area contributed by atoms with Gasteiger partial charge in [0, 0.05) is 30.9 Å². The highest BCUT2D eigenvalue weighted by Gasteiger charge is 2.39. The lowest BCUT2D eigenvalue weighted by Gasteiger charge is -2.31. The van der Waals surface area contributed by atoms with E-state index < -0.39 is 145 Å². The molecule has 3 rings (SSSR count). The highest BCUT2D eigenvalue weighted by atomic mass is 33.1. The molecule has 2 aliphatic rings. The minimum absolute atomic E-state index is 0.0498. The van der Waals surface area contributed by atoms with E-state index in [4.69, 9.17) is 22.9 Å². The molecule has 1 aromatic carbocycles. The molecule has 1 aromatic rings. The Labute approximate surface area is 406 Å². The molecule has 9 atom stereocenters. The van der Waals surface area contributed by atoms with Crippen molar-refractivity contribution in [2.24, 2.45) is 34.8 Å². The fraction of sp³-hybridized carbons (Fsp3) is 0.558. The second-order valence-electron chi connectivity index (χ2n) is 17.1. The first kappa shape index (κ1) is 56.9. The third kappa shape index (κ3) is 18.5. The maximum atomic E-state index is 14.5. The van der Waals surface area contributed by atoms with Crippen LogP contribution >= 0.6 is 21.6 Å². The zero-order valence-electron chi connectivity index (χ0n) is 38.8. The largest absolute Gasteiger partial charge is 0.508 e. The van der Waals surface area contributed by atoms with Crippen LogP contribution in [-0.2, 0) is 59.2 Å². The average molecular weight is 1010 g/mol. The second kappa shape index (κ2) is 27.6. The molecule has 11 amide bonds. The lowest BCUT2D eigenvalue weighted by molar-refractivity contribution is -0.141. The van der Waals surface area contributed by atoms with Crippen molar-refractivity contribution in [2.45, 2.75) is 115 Å². The molecule has 380 valence electrons. The highest BCUT2D eigenvalue weighted by molar-refractivity contribution is 8.76. The van der Waals surface area contributed by atoms with Gasteiger partial charge in [-0.15, -0.1) is 0 Å². The van der Waals surface area contributed by atoms with Crippen LogP contribution in [0, 0.1) is 11.8 Å². The summed E-state index contributed by atoms with van der Waals surface area (Å²) in [4.78, 5) is 148. The fourth-order valence-corrected chi connectivity index (χ4v) is 9.28. The monoisotopic (exact) mass is 1000 g/mol. The van der Waals surface area contributed by atoms with E-state index in [1.54, 1.807) is 27.7 Å². The number of carbonyl (C=O) groups is 11. The van der Waals surface area contributed by atoms with E-state index in [9.17, 15) is 57.8 Å². The molecule has 69 heavy (non-hydrogen) atoms. The lowest BCUT2D eigenvalue weighted by Crippen LogP contribution is -2.61. The molecule has 0 radical (unpaired) electrons. The number of carbonyl (C=O) groups excluding carboxylic acids is 11. The van der Waals surface area contributed by atoms with Crippen LogP contribution in [0.4, 0.5) is 0 Å². The summed E-state index contributed by atoms with van der Waals surface area (Å²) in [5.74, 6) is -10.7. The van der Waals surface area contributed by atoms with Crippen LogP contribution in [0.1, 0.15) is 65.4 Å². The molecular weight excluding hydrogens is 941 g/mol. The van der Waals surface area contributed by atoms with Crippen LogP contribution in [0.2, 0.25) is 0 Å². The maximum absolute atomic E-state index is 14.5. The zero-order chi connectivity index (χ0) is 51.5. The number of hydrogen-bond acceptors (Lipinski definition) is 15. The number of nitrogens with two attached hydrogens (primary N) is 4. The van der Waals surface area contributed by atoms with Crippen molar-refractivity contribution >= 4 is 86.6 Å². The molecule has 26 heteroatoms. The Morgan fingerprint density at radius 1 is 0.783 bits per heavy atom. The molecular formula is C43H64N12O12S2. The van der Waals surface area contributed by atoms with Gasteiger partial charge in [0.2, 0.25) is 65.0 Å². The van der Waals surface area contributed by atoms with Gasteiger partial charge in [0.1, 0.15) is 48.0 Å². The summed E-state index contributed by atoms with van der Waals surface area (Å²) < 4.78 is 0. The van der Waals surface area contributed by atoms with Crippen LogP contribution in [0.25, 0.3) is 0 Å². The van der Waals surface area contributed by atoms with Crippen LogP contribution in [-0.4, -0.2) is 148 Å². The van der Waals surface area contributed by atoms with E-state index in [-0.39, 0.29) is 42.6 Å². The van der Waals surface area contributed by atoms with Crippen LogP contribution in [0.3, 0.4) is 0 Å². The van der Waals surface area contributed by atoms with Crippen molar-refractivity contribution < 1.29 is 57.8 Å². The van der Waals surface area contributed by atoms with Crippen molar-refractivity contribution in [3.63, 3.8) is 0 Å². The standard InChI is InChI=1S/C43H64N12O12S2/c1-5-22(4)35-42(66)49-26(12-13-32(45)57)38(62)51-29(17-33(46)58)39(63)53-30(20-69-68-19-25(44)36(60)50-28(40(64)54-35)16-23-8-10-24(56)11-9-23)43(67)55-14-6-7-31(55)41(65)52-27(15-21(2)3)37(61)48-18-34(47)59/h6-11,21-22,25-31,35,56H,5,12-20,44H2,1-4H3,(H2,45,57)(H2,46,58)(H2,47,59)(H,48,61)(H,49,66)(H,50,60)(H,51,62)(H,52,65)(H,53,63)(H,54,64)/t22-,25-,26-,27-,28-,29-,30-,31-,35-/m0/s1. The number of nitrogens with zero attached hydrogens (tertiary/aromatic N) is 1. The number of phenolic OH excluding ortho intramolecular Hbond substituents is 1. The van der Waals surface area contributed by atoms with E-state index in [1.165, 1.54) is 36.4 Å². The minimum Gasteiger partial charge on any atom is -0.508 e. The van der Waals surface area contributed by atoms with Crippen molar-refractivity contribution in [3.05, 3.63) is 42.0 Å². The fourth-order valence-electron chi connectivity index (χ4n) is 7.01. The normalized spacial score (nSPS) is 24.1. The van der Waals surface area contributed by atoms with Crippen molar-refractivity contribution in [1.82, 2.24) is 42.1 Å². The van der Waals surface area contributed by atoms with E-state index in [2.05, 4.69) is 37.2 Å². The number of phenols is 1. The first-order valence-electron chi connectivity index (χ1n) is 22.2. The molecule has 2 aliphatic heterocycles. The predicted octanol–water partition coefficient (Wildman–Crippen LogP) is -3.83. The summed E-state index contributed by atoms with van der Waals surface area (Å²) in [7, 11) is 2.01. The Morgan fingerprint density at radius 3 is 2.00 bits per heavy atom. The Balaban J connectivity index is 2.05. The summed E-state index contributed by atoms with van der Waals surface area (Å²) in [6.07, 6.45) is 1.65. The SMILES string of the molecule is CC[C@H](C)[C@@H]1NC(=O)[C@H](Cc2ccc(O)cc2)NC(=O)[C@@H](N)CSSC[C@@H](C(=O)N2CC=C[C@H]2C(=O)N[C@@H](CC(C)C)C(=O)NCC(N)=O)NC(=O)[C@H](CC(N)=O)NC(=O)[C@H](CCC(N)=O)NC1=O. The number of hydrogen-bond donors (Lipinski definition) is 12. The second-order valence-corrected chi connectivity index (χ2v) is 19.6. The third-order valence-corrected chi connectivity index (χ3v) is 13.4. The van der Waals surface area contributed by atoms with Gasteiger partial charge in [-0.2, -0.15) is 0 Å². The zero-order valence-corrected chi connectivity index (χ0v) is 40.5. The third-order valence-electron chi connectivity index (χ3n) is 11.0. The van der Waals surface area contributed by atoms with Gasteiger partial charge < -0.3 is 70.2 Å². The van der Waals surface area contributed by atoms with Gasteiger partial charge in [-0.05, 0) is 42.4 Å². The van der Waals surface area contributed by atoms with Crippen LogP contribution < -0.4 is 60.2 Å². The smallest absolute Gasteiger partial charge is 0.247 e. The van der Waals surface area contributed by atoms with Crippen LogP contribution in [0.15, 0.2) is 36.4 Å². The van der Waals surface area contributed by atoms with E-state index >= 15 is 0 Å². The number of nitrogens with one attached hydrogen (secondary N) is 7. The predicted molar refractivity (Wildman–Crippen MR) is 254 cm³/mol. The van der Waals surface area contributed by atoms with Crippen molar-refractivity contribution in [1.29, 1.82) is 0 Å². The Morgan fingerprint density at radius 2 is 1.39 bits per heavy atom. The molecule has 16 N–H and O–H groups in total. The summed E-state index contributed by atoms with van der Waals surface area (Å²) in [5, 5.41) is 27.6. The summed E-state index contributed by atoms with van der Waals surface area (Å²) in [6.45, 7) is 6.37. The summed E-state index contributed by atoms with van der Waals surface area (Å²) in [6, 6.07) is -5.36. The summed E-state index contributed by atoms with van der Waals surface area (Å²) in [5.41, 5.74) is 22.9. The summed E-state index contributed by atoms with van der Waals surface area (Å²) >= 11 is 0. The molecule has 24 nitrogen and oxygen atoms in total. The number of benzene rings is 1. The average Bonchev–Trinajstić information content (AvgIpc) is 3.78. The molecule has 1 fully saturated rings. The first-order valence-corrected chi connectivity index (χ1v) is 24.7. The Hall–Kier alpha value is -6.41. The Bertz CT molecular complexity index is 2090. The lowest BCUT2D eigenvalue weighted by atomic mass is 9.96. The number of amides is 11. The number of rotatable bonds is 17. The van der Waals surface area contributed by atoms with E-state index in [1.807, 2.05) is 0 Å². The maximum Gasteiger partial charge on any atom is 0.247 e. The van der Waals surface area contributed by atoms with Gasteiger partial charge in [0.05, 0.1) is 19.0 Å². The molecule has 0 spiro atoms. The minimum atomic E-state index is -1.77. The molecule has 1 saturated heterocycles. The van der Waals surface area contributed by atoms with E-state index in [0.717, 1.165) is 26.5 Å². The molecule has 0 saturated carbocycles. The van der Waals surface area contributed by atoms with E-state index in [0.29, 0.717) is 12.0 Å². The van der Waals surface area contributed by atoms with Crippen molar-refractivity contribution in [3.8, 4) is 5.75 Å². The van der Waals surface area contributed by atoms with Gasteiger partial charge >= 0.3 is 0 Å². The molecule has 2 heterocycles. The highest BCUT2D eigenvalue weighted by Crippen LogP contribution is 2.25. The molecule has 0 unspecified atom stereocenters. The van der Waals surface area contributed by atoms with Gasteiger partial charge in [-0.3, -0.25) is 52.7 Å². The van der Waals surface area contributed by atoms with Crippen molar-refractivity contribution in [2.75, 3.05) is 24.6 Å². The quantitative estimate of drug-likeness (QED) is 0.0526. The molecule has 0 aromatic heterocycles. The van der Waals surface area contributed by atoms with Gasteiger partial charge in [-0.25, -0.2) is 0 Å². The van der Waals surface area contributed by atoms with Crippen LogP contribution in [0.5, 0.6) is 5.75 Å².